The fourth-order valence-electron chi connectivity index (χ4n) is 2.80. The van der Waals surface area contributed by atoms with E-state index in [2.05, 4.69) is 0 Å². The van der Waals surface area contributed by atoms with Gasteiger partial charge in [0.05, 0.1) is 0 Å². The van der Waals surface area contributed by atoms with Gasteiger partial charge >= 0.3 is 154 Å². The van der Waals surface area contributed by atoms with Gasteiger partial charge in [-0.05, 0) is 0 Å². The molecule has 0 aromatic rings. The van der Waals surface area contributed by atoms with E-state index in [1.807, 2.05) is 20.8 Å². The molecule has 0 N–H and O–H groups in total. The van der Waals surface area contributed by atoms with Crippen molar-refractivity contribution in [1.82, 2.24) is 0 Å². The molecule has 0 bridgehead atoms. The first-order chi connectivity index (χ1) is 11.9. The van der Waals surface area contributed by atoms with Crippen molar-refractivity contribution < 1.29 is 36.5 Å². The number of halogens is 3. The molecule has 8 heteroatoms. The Labute approximate surface area is 154 Å². The number of hydrogen-bond donors (Lipinski definition) is 0. The maximum absolute atomic E-state index is 14.8. The van der Waals surface area contributed by atoms with Crippen LogP contribution in [0.1, 0.15) is 65.7 Å². The van der Waals surface area contributed by atoms with Gasteiger partial charge in [-0.25, -0.2) is 0 Å². The fourth-order valence-corrected chi connectivity index (χ4v) is 29.5. The molecule has 1 rings (SSSR count). The van der Waals surface area contributed by atoms with Crippen LogP contribution in [-0.4, -0.2) is 30.7 Å². The molecule has 0 heterocycles. The monoisotopic (exact) mass is 505 g/mol. The van der Waals surface area contributed by atoms with Gasteiger partial charge in [0, 0.05) is 0 Å². The molecule has 0 saturated heterocycles. The van der Waals surface area contributed by atoms with Crippen molar-refractivity contribution in [2.75, 3.05) is 19.8 Å². The van der Waals surface area contributed by atoms with E-state index in [-0.39, 0.29) is 29.5 Å². The molecule has 147 valence electrons. The molecule has 0 aliphatic heterocycles. The first-order valence-electron chi connectivity index (χ1n) is 9.38. The van der Waals surface area contributed by atoms with Crippen molar-refractivity contribution in [2.45, 2.75) is 65.7 Å². The molecule has 0 saturated carbocycles. The van der Waals surface area contributed by atoms with Crippen LogP contribution in [0.2, 0.25) is 0 Å². The quantitative estimate of drug-likeness (QED) is 0.212. The van der Waals surface area contributed by atoms with Crippen molar-refractivity contribution >= 4 is 10.9 Å². The Balaban J connectivity index is 3.35. The van der Waals surface area contributed by atoms with Gasteiger partial charge in [0.15, 0.2) is 0 Å². The summed E-state index contributed by atoms with van der Waals surface area (Å²) in [7, 11) is -6.97. The van der Waals surface area contributed by atoms with E-state index in [9.17, 15) is 10.5 Å². The van der Waals surface area contributed by atoms with Crippen LogP contribution in [0.4, 0.5) is 10.5 Å². The van der Waals surface area contributed by atoms with Crippen molar-refractivity contribution in [3.05, 3.63) is 21.5 Å². The van der Waals surface area contributed by atoms with Gasteiger partial charge in [-0.3, -0.25) is 0 Å². The Hall–Kier alpha value is 0.576. The van der Waals surface area contributed by atoms with Crippen molar-refractivity contribution in [2.24, 2.45) is 0 Å². The van der Waals surface area contributed by atoms with Crippen LogP contribution in [0.25, 0.3) is 0 Å². The standard InChI is InChI=1S/C5H5.3C4H9O.F3Ge.Zr/c1-2-4-5-3-1;3*1-2-3-4-5;1-4(2)3;/h1-3H,4H2;3*2-4H2,1H3;;/q;3*-1;;+3. The zero-order valence-corrected chi connectivity index (χ0v) is 20.2. The van der Waals surface area contributed by atoms with Crippen LogP contribution in [0.5, 0.6) is 0 Å². The van der Waals surface area contributed by atoms with Crippen molar-refractivity contribution in [1.29, 1.82) is 0 Å². The zero-order valence-electron chi connectivity index (χ0n) is 15.7. The molecule has 0 amide bonds. The SMILES string of the molecule is CCCC[O][Zr]([O]CCCC)([O]CCCC)([C]1=CC=CC1)[Ge]([F])([F])[F]. The maximum atomic E-state index is 14.8. The third kappa shape index (κ3) is 5.31. The molecule has 1 aliphatic rings. The van der Waals surface area contributed by atoms with Crippen LogP contribution in [0.3, 0.4) is 0 Å². The summed E-state index contributed by atoms with van der Waals surface area (Å²) < 4.78 is 62.1. The molecule has 0 aromatic carbocycles. The summed E-state index contributed by atoms with van der Waals surface area (Å²) in [6.45, 7) is 5.99. The average Bonchev–Trinajstić information content (AvgIpc) is 3.09. The van der Waals surface area contributed by atoms with Gasteiger partial charge < -0.3 is 0 Å². The third-order valence-corrected chi connectivity index (χ3v) is 37.3. The van der Waals surface area contributed by atoms with Gasteiger partial charge in [-0.1, -0.05) is 0 Å². The van der Waals surface area contributed by atoms with Crippen LogP contribution in [0, 0.1) is 0 Å². The van der Waals surface area contributed by atoms with E-state index in [4.69, 9.17) is 8.44 Å². The van der Waals surface area contributed by atoms with Crippen molar-refractivity contribution in [3.63, 3.8) is 0 Å². The van der Waals surface area contributed by atoms with Crippen LogP contribution in [-0.2, 0) is 26.0 Å². The Kier molecular flexibility index (Phi) is 10.2. The summed E-state index contributed by atoms with van der Waals surface area (Å²) in [5.41, 5.74) is 0. The van der Waals surface area contributed by atoms with Gasteiger partial charge in [0.1, 0.15) is 0 Å². The summed E-state index contributed by atoms with van der Waals surface area (Å²) >= 11 is -6.40. The van der Waals surface area contributed by atoms with Gasteiger partial charge in [-0.15, -0.1) is 0 Å². The Bertz CT molecular complexity index is 437. The second-order valence-electron chi connectivity index (χ2n) is 6.42. The topological polar surface area (TPSA) is 27.7 Å². The molecule has 25 heavy (non-hydrogen) atoms. The summed E-state index contributed by atoms with van der Waals surface area (Å²) in [6.07, 6.45) is 9.27. The number of allylic oxidation sites excluding steroid dienone is 4. The summed E-state index contributed by atoms with van der Waals surface area (Å²) in [5.74, 6) is 0. The Morgan fingerprint density at radius 1 is 0.880 bits per heavy atom. The molecule has 0 atom stereocenters. The van der Waals surface area contributed by atoms with E-state index in [1.165, 1.54) is 0 Å². The number of hydrogen-bond acceptors (Lipinski definition) is 3. The fraction of sp³-hybridized carbons (Fsp3) is 0.765. The van der Waals surface area contributed by atoms with Gasteiger partial charge in [0.25, 0.3) is 0 Å². The molecular formula is C17H32F3GeO3Zr. The molecule has 0 aromatic heterocycles. The third-order valence-electron chi connectivity index (χ3n) is 4.40. The summed E-state index contributed by atoms with van der Waals surface area (Å²) in [5, 5.41) is 0. The summed E-state index contributed by atoms with van der Waals surface area (Å²) in [6, 6.07) is 0. The molecular weight excluding hydrogens is 473 g/mol. The first kappa shape index (κ1) is 23.6. The van der Waals surface area contributed by atoms with Crippen LogP contribution < -0.4 is 0 Å². The van der Waals surface area contributed by atoms with Crippen LogP contribution in [0.15, 0.2) is 21.5 Å². The molecule has 0 fully saturated rings. The summed E-state index contributed by atoms with van der Waals surface area (Å²) in [4.78, 5) is 0. The Morgan fingerprint density at radius 2 is 1.32 bits per heavy atom. The van der Waals surface area contributed by atoms with E-state index in [0.29, 0.717) is 19.3 Å². The molecule has 3 nitrogen and oxygen atoms in total. The molecule has 0 spiro atoms. The predicted molar refractivity (Wildman–Crippen MR) is 93.5 cm³/mol. The Morgan fingerprint density at radius 3 is 1.60 bits per heavy atom. The van der Waals surface area contributed by atoms with Gasteiger partial charge in [0.2, 0.25) is 0 Å². The second kappa shape index (κ2) is 10.8. The van der Waals surface area contributed by atoms with E-state index in [1.54, 1.807) is 18.2 Å². The van der Waals surface area contributed by atoms with Crippen LogP contribution >= 0.6 is 0 Å². The zero-order chi connectivity index (χ0) is 18.8. The van der Waals surface area contributed by atoms with Crippen molar-refractivity contribution in [3.8, 4) is 0 Å². The number of unbranched alkanes of at least 4 members (excludes halogenated alkanes) is 3. The van der Waals surface area contributed by atoms with E-state index in [0.717, 1.165) is 19.3 Å². The average molecular weight is 505 g/mol. The molecule has 0 unspecified atom stereocenters. The van der Waals surface area contributed by atoms with Gasteiger partial charge in [-0.2, -0.15) is 0 Å². The first-order valence-corrected chi connectivity index (χ1v) is 23.4. The van der Waals surface area contributed by atoms with E-state index < -0.39 is 28.5 Å². The normalized spacial score (nSPS) is 16.7. The van der Waals surface area contributed by atoms with E-state index >= 15 is 0 Å². The predicted octanol–water partition coefficient (Wildman–Crippen LogP) is 6.06. The minimum atomic E-state index is -6.97. The molecule has 0 radical (unpaired) electrons. The number of rotatable bonds is 14. The molecule has 1 aliphatic carbocycles. The second-order valence-corrected chi connectivity index (χ2v) is 35.0. The minimum absolute atomic E-state index is 0.0577.